The predicted molar refractivity (Wildman–Crippen MR) is 54.4 cm³/mol. The van der Waals surface area contributed by atoms with Crippen LogP contribution in [0.25, 0.3) is 0 Å². The first-order chi connectivity index (χ1) is 7.31. The molecule has 2 atom stereocenters. The molecule has 1 aromatic carbocycles. The molecule has 2 rings (SSSR count). The minimum Gasteiger partial charge on any atom is -0.458 e. The van der Waals surface area contributed by atoms with Gasteiger partial charge in [-0.2, -0.15) is 0 Å². The zero-order valence-electron chi connectivity index (χ0n) is 8.26. The van der Waals surface area contributed by atoms with Gasteiger partial charge >= 0.3 is 5.97 Å². The summed E-state index contributed by atoms with van der Waals surface area (Å²) in [7, 11) is 0. The molecule has 1 aliphatic carbocycles. The van der Waals surface area contributed by atoms with Gasteiger partial charge in [0.15, 0.2) is 0 Å². The molecule has 0 unspecified atom stereocenters. The van der Waals surface area contributed by atoms with E-state index in [2.05, 4.69) is 0 Å². The van der Waals surface area contributed by atoms with Crippen LogP contribution in [0.15, 0.2) is 30.3 Å². The summed E-state index contributed by atoms with van der Waals surface area (Å²) in [5.41, 5.74) is 0.536. The third-order valence-electron chi connectivity index (χ3n) is 2.70. The van der Waals surface area contributed by atoms with E-state index in [1.807, 2.05) is 6.07 Å². The first kappa shape index (κ1) is 9.90. The Morgan fingerprint density at radius 1 is 1.27 bits per heavy atom. The predicted octanol–water partition coefficient (Wildman–Crippen LogP) is 1.82. The number of ether oxygens (including phenoxy) is 1. The molecule has 78 valence electrons. The van der Waals surface area contributed by atoms with E-state index in [9.17, 15) is 9.59 Å². The zero-order valence-corrected chi connectivity index (χ0v) is 8.26. The van der Waals surface area contributed by atoms with E-state index in [1.165, 1.54) is 0 Å². The van der Waals surface area contributed by atoms with Crippen LogP contribution in [-0.4, -0.2) is 18.4 Å². The summed E-state index contributed by atoms with van der Waals surface area (Å²) in [6, 6.07) is 8.82. The average molecular weight is 204 g/mol. The standard InChI is InChI=1S/C12H12O3/c13-8-10-6-7-11(10)15-12(14)9-4-2-1-3-5-9/h1-5,8,10-11H,6-7H2/t10-,11+/m0/s1. The van der Waals surface area contributed by atoms with E-state index in [0.717, 1.165) is 19.1 Å². The fraction of sp³-hybridized carbons (Fsp3) is 0.333. The van der Waals surface area contributed by atoms with Crippen molar-refractivity contribution in [1.29, 1.82) is 0 Å². The lowest BCUT2D eigenvalue weighted by molar-refractivity contribution is -0.119. The number of hydrogen-bond donors (Lipinski definition) is 0. The quantitative estimate of drug-likeness (QED) is 0.557. The Morgan fingerprint density at radius 2 is 2.00 bits per heavy atom. The molecule has 0 aromatic heterocycles. The summed E-state index contributed by atoms with van der Waals surface area (Å²) in [6.45, 7) is 0. The van der Waals surface area contributed by atoms with Crippen molar-refractivity contribution in [2.75, 3.05) is 0 Å². The van der Waals surface area contributed by atoms with Gasteiger partial charge in [-0.15, -0.1) is 0 Å². The second-order valence-corrected chi connectivity index (χ2v) is 3.69. The lowest BCUT2D eigenvalue weighted by Crippen LogP contribution is -2.36. The highest BCUT2D eigenvalue weighted by atomic mass is 16.5. The Bertz CT molecular complexity index is 358. The van der Waals surface area contributed by atoms with Gasteiger partial charge in [0, 0.05) is 0 Å². The molecule has 1 aromatic rings. The van der Waals surface area contributed by atoms with Gasteiger partial charge in [0.25, 0.3) is 0 Å². The maximum atomic E-state index is 11.6. The van der Waals surface area contributed by atoms with Crippen LogP contribution in [0.5, 0.6) is 0 Å². The molecule has 15 heavy (non-hydrogen) atoms. The largest absolute Gasteiger partial charge is 0.458 e. The monoisotopic (exact) mass is 204 g/mol. The number of carbonyl (C=O) groups is 2. The number of benzene rings is 1. The molecule has 0 heterocycles. The Kier molecular flexibility index (Phi) is 2.81. The van der Waals surface area contributed by atoms with Crippen LogP contribution in [0.2, 0.25) is 0 Å². The van der Waals surface area contributed by atoms with Crippen molar-refractivity contribution in [2.24, 2.45) is 5.92 Å². The van der Waals surface area contributed by atoms with Gasteiger partial charge < -0.3 is 9.53 Å². The fourth-order valence-corrected chi connectivity index (χ4v) is 1.58. The molecule has 0 N–H and O–H groups in total. The van der Waals surface area contributed by atoms with Crippen LogP contribution in [-0.2, 0) is 9.53 Å². The molecule has 1 fully saturated rings. The van der Waals surface area contributed by atoms with Crippen LogP contribution in [0, 0.1) is 5.92 Å². The number of esters is 1. The number of hydrogen-bond acceptors (Lipinski definition) is 3. The van der Waals surface area contributed by atoms with E-state index in [-0.39, 0.29) is 18.0 Å². The van der Waals surface area contributed by atoms with Crippen molar-refractivity contribution in [2.45, 2.75) is 18.9 Å². The maximum absolute atomic E-state index is 11.6. The molecule has 3 nitrogen and oxygen atoms in total. The molecule has 1 aliphatic rings. The summed E-state index contributed by atoms with van der Waals surface area (Å²) >= 11 is 0. The molecule has 0 bridgehead atoms. The van der Waals surface area contributed by atoms with Gasteiger partial charge in [-0.25, -0.2) is 4.79 Å². The minimum atomic E-state index is -0.341. The summed E-state index contributed by atoms with van der Waals surface area (Å²) in [5.74, 6) is -0.440. The molecule has 3 heteroatoms. The molecular weight excluding hydrogens is 192 g/mol. The Labute approximate surface area is 88.1 Å². The van der Waals surface area contributed by atoms with Crippen LogP contribution in [0.1, 0.15) is 23.2 Å². The van der Waals surface area contributed by atoms with Crippen molar-refractivity contribution < 1.29 is 14.3 Å². The molecular formula is C12H12O3. The second kappa shape index (κ2) is 4.26. The van der Waals surface area contributed by atoms with Crippen molar-refractivity contribution in [1.82, 2.24) is 0 Å². The summed E-state index contributed by atoms with van der Waals surface area (Å²) in [6.07, 6.45) is 2.28. The highest BCUT2D eigenvalue weighted by molar-refractivity contribution is 5.89. The van der Waals surface area contributed by atoms with E-state index < -0.39 is 0 Å². The molecule has 0 aliphatic heterocycles. The number of aldehydes is 1. The third kappa shape index (κ3) is 2.06. The molecule has 0 radical (unpaired) electrons. The van der Waals surface area contributed by atoms with Gasteiger partial charge in [0.05, 0.1) is 11.5 Å². The van der Waals surface area contributed by atoms with Gasteiger partial charge in [-0.05, 0) is 25.0 Å². The zero-order chi connectivity index (χ0) is 10.7. The van der Waals surface area contributed by atoms with Crippen molar-refractivity contribution in [3.63, 3.8) is 0 Å². The van der Waals surface area contributed by atoms with Crippen LogP contribution < -0.4 is 0 Å². The summed E-state index contributed by atoms with van der Waals surface area (Å²) in [5, 5.41) is 0. The van der Waals surface area contributed by atoms with Crippen LogP contribution in [0.3, 0.4) is 0 Å². The Morgan fingerprint density at radius 3 is 2.53 bits per heavy atom. The lowest BCUT2D eigenvalue weighted by Gasteiger charge is -2.31. The smallest absolute Gasteiger partial charge is 0.338 e. The van der Waals surface area contributed by atoms with Crippen LogP contribution in [0.4, 0.5) is 0 Å². The third-order valence-corrected chi connectivity index (χ3v) is 2.70. The fourth-order valence-electron chi connectivity index (χ4n) is 1.58. The lowest BCUT2D eigenvalue weighted by atomic mass is 9.83. The van der Waals surface area contributed by atoms with Crippen molar-refractivity contribution in [3.8, 4) is 0 Å². The number of carbonyl (C=O) groups excluding carboxylic acids is 2. The van der Waals surface area contributed by atoms with Crippen molar-refractivity contribution >= 4 is 12.3 Å². The maximum Gasteiger partial charge on any atom is 0.338 e. The molecule has 0 spiro atoms. The first-order valence-corrected chi connectivity index (χ1v) is 5.02. The van der Waals surface area contributed by atoms with Gasteiger partial charge in [0.1, 0.15) is 12.4 Å². The van der Waals surface area contributed by atoms with Crippen molar-refractivity contribution in [3.05, 3.63) is 35.9 Å². The molecule has 0 amide bonds. The van der Waals surface area contributed by atoms with Crippen LogP contribution >= 0.6 is 0 Å². The highest BCUT2D eigenvalue weighted by Gasteiger charge is 2.33. The minimum absolute atomic E-state index is 0.0994. The molecule has 1 saturated carbocycles. The second-order valence-electron chi connectivity index (χ2n) is 3.69. The Hall–Kier alpha value is -1.64. The topological polar surface area (TPSA) is 43.4 Å². The number of rotatable bonds is 3. The van der Waals surface area contributed by atoms with E-state index in [4.69, 9.17) is 4.74 Å². The normalized spacial score (nSPS) is 24.0. The van der Waals surface area contributed by atoms with Gasteiger partial charge in [-0.3, -0.25) is 0 Å². The Balaban J connectivity index is 1.96. The van der Waals surface area contributed by atoms with E-state index in [0.29, 0.717) is 5.56 Å². The first-order valence-electron chi connectivity index (χ1n) is 5.02. The SMILES string of the molecule is O=C[C@@H]1CC[C@H]1OC(=O)c1ccccc1. The molecule has 0 saturated heterocycles. The van der Waals surface area contributed by atoms with Gasteiger partial charge in [-0.1, -0.05) is 18.2 Å². The average Bonchev–Trinajstić information content (AvgIpc) is 2.26. The summed E-state index contributed by atoms with van der Waals surface area (Å²) < 4.78 is 5.21. The summed E-state index contributed by atoms with van der Waals surface area (Å²) in [4.78, 5) is 22.1. The van der Waals surface area contributed by atoms with E-state index >= 15 is 0 Å². The van der Waals surface area contributed by atoms with Gasteiger partial charge in [0.2, 0.25) is 0 Å². The highest BCUT2D eigenvalue weighted by Crippen LogP contribution is 2.29. The van der Waals surface area contributed by atoms with E-state index in [1.54, 1.807) is 24.3 Å².